The average Bonchev–Trinajstić information content (AvgIpc) is 2.71. The van der Waals surface area contributed by atoms with Crippen LogP contribution in [0.5, 0.6) is 5.75 Å². The van der Waals surface area contributed by atoms with E-state index in [0.717, 1.165) is 25.3 Å². The van der Waals surface area contributed by atoms with Crippen LogP contribution in [-0.4, -0.2) is 44.2 Å². The van der Waals surface area contributed by atoms with Gasteiger partial charge in [-0.25, -0.2) is 0 Å². The number of benzene rings is 1. The molecule has 1 heterocycles. The van der Waals surface area contributed by atoms with E-state index in [1.165, 1.54) is 55.7 Å². The van der Waals surface area contributed by atoms with Crippen molar-refractivity contribution >= 4 is 0 Å². The molecule has 1 aromatic rings. The molecule has 1 aromatic carbocycles. The minimum absolute atomic E-state index is 0.745. The number of rotatable bonds is 6. The number of nitrogens with one attached hydrogen (secondary N) is 1. The number of hydrogen-bond donors (Lipinski definition) is 1. The van der Waals surface area contributed by atoms with Crippen LogP contribution >= 0.6 is 0 Å². The summed E-state index contributed by atoms with van der Waals surface area (Å²) in [5.41, 5.74) is 3.98. The van der Waals surface area contributed by atoms with Crippen molar-refractivity contribution in [3.63, 3.8) is 0 Å². The van der Waals surface area contributed by atoms with Gasteiger partial charge in [-0.3, -0.25) is 0 Å². The number of nitrogens with zero attached hydrogens (tertiary/aromatic N) is 1. The molecule has 1 aliphatic heterocycles. The van der Waals surface area contributed by atoms with Crippen molar-refractivity contribution in [3.8, 4) is 5.75 Å². The monoisotopic (exact) mass is 290 g/mol. The topological polar surface area (TPSA) is 24.5 Å². The van der Waals surface area contributed by atoms with Crippen LogP contribution in [0.4, 0.5) is 0 Å². The highest BCUT2D eigenvalue weighted by Gasteiger charge is 2.11. The van der Waals surface area contributed by atoms with Crippen LogP contribution in [0.25, 0.3) is 0 Å². The van der Waals surface area contributed by atoms with Crippen LogP contribution in [0.2, 0.25) is 0 Å². The van der Waals surface area contributed by atoms with Gasteiger partial charge >= 0.3 is 0 Å². The predicted molar refractivity (Wildman–Crippen MR) is 89.3 cm³/mol. The van der Waals surface area contributed by atoms with Crippen LogP contribution in [0.15, 0.2) is 12.1 Å². The fourth-order valence-electron chi connectivity index (χ4n) is 3.20. The Hall–Kier alpha value is -1.06. The third-order valence-electron chi connectivity index (χ3n) is 4.14. The van der Waals surface area contributed by atoms with Gasteiger partial charge in [0, 0.05) is 13.1 Å². The highest BCUT2D eigenvalue weighted by molar-refractivity contribution is 5.43. The Morgan fingerprint density at radius 2 is 2.05 bits per heavy atom. The zero-order valence-electron chi connectivity index (χ0n) is 13.9. The molecule has 0 atom stereocenters. The Bertz CT molecular complexity index is 437. The van der Waals surface area contributed by atoms with Gasteiger partial charge in [-0.1, -0.05) is 17.7 Å². The first-order valence-corrected chi connectivity index (χ1v) is 8.36. The molecule has 3 nitrogen and oxygen atoms in total. The lowest BCUT2D eigenvalue weighted by Gasteiger charge is -2.20. The van der Waals surface area contributed by atoms with Crippen LogP contribution in [0.1, 0.15) is 36.5 Å². The number of ether oxygens (including phenoxy) is 1. The van der Waals surface area contributed by atoms with Crippen LogP contribution in [0.3, 0.4) is 0 Å². The molecule has 1 fully saturated rings. The standard InChI is InChI=1S/C18H30N2O/c1-4-21-18-16(3)13-15(2)14-17(18)7-5-10-20-11-6-8-19-9-12-20/h13-14,19H,4-12H2,1-3H3. The first-order chi connectivity index (χ1) is 10.2. The van der Waals surface area contributed by atoms with Crippen molar-refractivity contribution in [3.05, 3.63) is 28.8 Å². The highest BCUT2D eigenvalue weighted by atomic mass is 16.5. The maximum absolute atomic E-state index is 5.86. The molecule has 21 heavy (non-hydrogen) atoms. The van der Waals surface area contributed by atoms with Gasteiger partial charge in [0.25, 0.3) is 0 Å². The van der Waals surface area contributed by atoms with Crippen molar-refractivity contribution in [1.82, 2.24) is 10.2 Å². The minimum atomic E-state index is 0.745. The molecular weight excluding hydrogens is 260 g/mol. The van der Waals surface area contributed by atoms with E-state index in [1.807, 2.05) is 0 Å². The molecule has 3 heteroatoms. The van der Waals surface area contributed by atoms with Gasteiger partial charge < -0.3 is 15.0 Å². The third kappa shape index (κ3) is 5.01. The SMILES string of the molecule is CCOc1c(C)cc(C)cc1CCCN1CCCNCC1. The molecule has 1 saturated heterocycles. The molecule has 0 radical (unpaired) electrons. The van der Waals surface area contributed by atoms with E-state index in [2.05, 4.69) is 43.1 Å². The summed E-state index contributed by atoms with van der Waals surface area (Å²) in [6.07, 6.45) is 3.60. The molecule has 0 bridgehead atoms. The lowest BCUT2D eigenvalue weighted by molar-refractivity contribution is 0.287. The van der Waals surface area contributed by atoms with E-state index in [0.29, 0.717) is 0 Å². The summed E-state index contributed by atoms with van der Waals surface area (Å²) < 4.78 is 5.86. The molecule has 118 valence electrons. The van der Waals surface area contributed by atoms with E-state index < -0.39 is 0 Å². The zero-order chi connectivity index (χ0) is 15.1. The molecular formula is C18H30N2O. The maximum atomic E-state index is 5.86. The predicted octanol–water partition coefficient (Wildman–Crippen LogP) is 2.93. The van der Waals surface area contributed by atoms with Gasteiger partial charge in [0.05, 0.1) is 6.61 Å². The summed E-state index contributed by atoms with van der Waals surface area (Å²) in [5.74, 6) is 1.11. The van der Waals surface area contributed by atoms with Crippen molar-refractivity contribution in [1.29, 1.82) is 0 Å². The van der Waals surface area contributed by atoms with Crippen molar-refractivity contribution < 1.29 is 4.74 Å². The fraction of sp³-hybridized carbons (Fsp3) is 0.667. The molecule has 0 saturated carbocycles. The lowest BCUT2D eigenvalue weighted by Crippen LogP contribution is -2.29. The van der Waals surface area contributed by atoms with E-state index in [9.17, 15) is 0 Å². The minimum Gasteiger partial charge on any atom is -0.493 e. The first-order valence-electron chi connectivity index (χ1n) is 8.36. The number of aryl methyl sites for hydroxylation is 3. The summed E-state index contributed by atoms with van der Waals surface area (Å²) in [7, 11) is 0. The van der Waals surface area contributed by atoms with E-state index in [-0.39, 0.29) is 0 Å². The van der Waals surface area contributed by atoms with Gasteiger partial charge in [-0.05, 0) is 70.8 Å². The van der Waals surface area contributed by atoms with Gasteiger partial charge in [-0.2, -0.15) is 0 Å². The highest BCUT2D eigenvalue weighted by Crippen LogP contribution is 2.26. The number of hydrogen-bond acceptors (Lipinski definition) is 3. The zero-order valence-corrected chi connectivity index (χ0v) is 13.9. The van der Waals surface area contributed by atoms with Crippen LogP contribution in [-0.2, 0) is 6.42 Å². The molecule has 1 aliphatic rings. The van der Waals surface area contributed by atoms with Crippen molar-refractivity contribution in [2.75, 3.05) is 39.3 Å². The normalized spacial score (nSPS) is 16.7. The molecule has 0 aliphatic carbocycles. The Kier molecular flexibility index (Phi) is 6.52. The van der Waals surface area contributed by atoms with Crippen molar-refractivity contribution in [2.45, 2.75) is 40.0 Å². The Morgan fingerprint density at radius 3 is 2.86 bits per heavy atom. The Morgan fingerprint density at radius 1 is 1.19 bits per heavy atom. The quantitative estimate of drug-likeness (QED) is 0.872. The van der Waals surface area contributed by atoms with Gasteiger partial charge in [0.15, 0.2) is 0 Å². The van der Waals surface area contributed by atoms with E-state index >= 15 is 0 Å². The summed E-state index contributed by atoms with van der Waals surface area (Å²) in [6, 6.07) is 4.51. The van der Waals surface area contributed by atoms with Crippen LogP contribution in [0, 0.1) is 13.8 Å². The molecule has 0 amide bonds. The third-order valence-corrected chi connectivity index (χ3v) is 4.14. The lowest BCUT2D eigenvalue weighted by atomic mass is 10.0. The second-order valence-electron chi connectivity index (χ2n) is 6.05. The summed E-state index contributed by atoms with van der Waals surface area (Å²) in [4.78, 5) is 2.59. The second kappa shape index (κ2) is 8.40. The fourth-order valence-corrected chi connectivity index (χ4v) is 3.20. The molecule has 2 rings (SSSR count). The molecule has 0 aromatic heterocycles. The van der Waals surface area contributed by atoms with Gasteiger partial charge in [-0.15, -0.1) is 0 Å². The van der Waals surface area contributed by atoms with Gasteiger partial charge in [0.1, 0.15) is 5.75 Å². The van der Waals surface area contributed by atoms with Crippen molar-refractivity contribution in [2.24, 2.45) is 0 Å². The van der Waals surface area contributed by atoms with E-state index in [1.54, 1.807) is 0 Å². The van der Waals surface area contributed by atoms with Crippen LogP contribution < -0.4 is 10.1 Å². The van der Waals surface area contributed by atoms with Gasteiger partial charge in [0.2, 0.25) is 0 Å². The molecule has 0 unspecified atom stereocenters. The molecule has 0 spiro atoms. The Balaban J connectivity index is 1.92. The first kappa shape index (κ1) is 16.3. The maximum Gasteiger partial charge on any atom is 0.125 e. The Labute approximate surface area is 129 Å². The summed E-state index contributed by atoms with van der Waals surface area (Å²) in [5, 5.41) is 3.46. The summed E-state index contributed by atoms with van der Waals surface area (Å²) in [6.45, 7) is 13.1. The molecule has 1 N–H and O–H groups in total. The summed E-state index contributed by atoms with van der Waals surface area (Å²) >= 11 is 0. The smallest absolute Gasteiger partial charge is 0.125 e. The largest absolute Gasteiger partial charge is 0.493 e. The van der Waals surface area contributed by atoms with E-state index in [4.69, 9.17) is 4.74 Å². The second-order valence-corrected chi connectivity index (χ2v) is 6.05. The average molecular weight is 290 g/mol.